The molecule has 130 valence electrons. The van der Waals surface area contributed by atoms with Crippen LogP contribution in [0.4, 0.5) is 5.69 Å². The van der Waals surface area contributed by atoms with Crippen LogP contribution in [0.1, 0.15) is 29.3 Å². The first-order valence-electron chi connectivity index (χ1n) is 8.30. The molecule has 5 heteroatoms. The van der Waals surface area contributed by atoms with E-state index in [9.17, 15) is 9.59 Å². The smallest absolute Gasteiger partial charge is 0.264 e. The number of amides is 1. The predicted molar refractivity (Wildman–Crippen MR) is 95.6 cm³/mol. The maximum absolute atomic E-state index is 12.7. The maximum atomic E-state index is 12.7. The molecule has 5 nitrogen and oxygen atoms in total. The molecule has 0 aliphatic carbocycles. The summed E-state index contributed by atoms with van der Waals surface area (Å²) in [6.45, 7) is 2.08. The Kier molecular flexibility index (Phi) is 5.03. The Morgan fingerprint density at radius 2 is 1.88 bits per heavy atom. The van der Waals surface area contributed by atoms with E-state index in [0.717, 1.165) is 24.1 Å². The van der Waals surface area contributed by atoms with Crippen molar-refractivity contribution >= 4 is 17.4 Å². The molecule has 0 atom stereocenters. The molecule has 1 amide bonds. The second-order valence-electron chi connectivity index (χ2n) is 5.99. The highest BCUT2D eigenvalue weighted by atomic mass is 16.5. The molecule has 25 heavy (non-hydrogen) atoms. The fraction of sp³-hybridized carbons (Fsp3) is 0.300. The van der Waals surface area contributed by atoms with Crippen LogP contribution in [0.2, 0.25) is 0 Å². The molecule has 0 saturated heterocycles. The second kappa shape index (κ2) is 7.38. The van der Waals surface area contributed by atoms with Crippen molar-refractivity contribution in [3.05, 3.63) is 53.6 Å². The Hall–Kier alpha value is -2.82. The maximum Gasteiger partial charge on any atom is 0.264 e. The van der Waals surface area contributed by atoms with Gasteiger partial charge in [0, 0.05) is 17.8 Å². The number of ether oxygens (including phenoxy) is 2. The number of carbonyl (C=O) groups is 2. The van der Waals surface area contributed by atoms with Gasteiger partial charge in [-0.2, -0.15) is 0 Å². The summed E-state index contributed by atoms with van der Waals surface area (Å²) in [6, 6.07) is 12.8. The number of fused-ring (bicyclic) bond motifs is 1. The number of ketones is 1. The molecular formula is C20H21NO4. The number of anilines is 1. The largest absolute Gasteiger partial charge is 0.493 e. The van der Waals surface area contributed by atoms with E-state index in [1.165, 1.54) is 6.92 Å². The zero-order valence-electron chi connectivity index (χ0n) is 14.5. The lowest BCUT2D eigenvalue weighted by atomic mass is 9.98. The van der Waals surface area contributed by atoms with Crippen LogP contribution in [0.15, 0.2) is 42.5 Å². The number of para-hydroxylation sites is 2. The number of benzene rings is 2. The number of hydrogen-bond donors (Lipinski definition) is 0. The van der Waals surface area contributed by atoms with Gasteiger partial charge in [0.15, 0.2) is 23.9 Å². The van der Waals surface area contributed by atoms with Gasteiger partial charge in [0.05, 0.1) is 7.11 Å². The van der Waals surface area contributed by atoms with Crippen LogP contribution in [0.5, 0.6) is 11.5 Å². The summed E-state index contributed by atoms with van der Waals surface area (Å²) in [5, 5.41) is 0. The van der Waals surface area contributed by atoms with Gasteiger partial charge in [-0.05, 0) is 43.5 Å². The van der Waals surface area contributed by atoms with Crippen molar-refractivity contribution in [1.29, 1.82) is 0 Å². The minimum absolute atomic E-state index is 0.00829. The first kappa shape index (κ1) is 17.0. The van der Waals surface area contributed by atoms with Crippen molar-refractivity contribution in [1.82, 2.24) is 0 Å². The van der Waals surface area contributed by atoms with E-state index in [2.05, 4.69) is 0 Å². The van der Waals surface area contributed by atoms with E-state index < -0.39 is 0 Å². The molecule has 2 aromatic rings. The standard InChI is InChI=1S/C20H21NO4/c1-14(22)16-10-9-15-6-5-11-21(17(15)12-16)20(23)13-25-19-8-4-3-7-18(19)24-2/h3-4,7-10,12H,5-6,11,13H2,1-2H3. The van der Waals surface area contributed by atoms with Crippen LogP contribution < -0.4 is 14.4 Å². The molecule has 0 bridgehead atoms. The van der Waals surface area contributed by atoms with E-state index in [1.807, 2.05) is 24.3 Å². The molecular weight excluding hydrogens is 318 g/mol. The Bertz CT molecular complexity index is 800. The normalized spacial score (nSPS) is 13.1. The van der Waals surface area contributed by atoms with Crippen LogP contribution in [0.25, 0.3) is 0 Å². The van der Waals surface area contributed by atoms with Crippen molar-refractivity contribution in [2.75, 3.05) is 25.2 Å². The lowest BCUT2D eigenvalue weighted by molar-refractivity contribution is -0.120. The van der Waals surface area contributed by atoms with E-state index in [1.54, 1.807) is 30.2 Å². The first-order chi connectivity index (χ1) is 12.1. The molecule has 1 aliphatic heterocycles. The van der Waals surface area contributed by atoms with Gasteiger partial charge >= 0.3 is 0 Å². The topological polar surface area (TPSA) is 55.8 Å². The highest BCUT2D eigenvalue weighted by Gasteiger charge is 2.24. The van der Waals surface area contributed by atoms with Gasteiger partial charge < -0.3 is 14.4 Å². The van der Waals surface area contributed by atoms with E-state index in [4.69, 9.17) is 9.47 Å². The van der Waals surface area contributed by atoms with E-state index in [0.29, 0.717) is 23.6 Å². The fourth-order valence-electron chi connectivity index (χ4n) is 3.01. The zero-order chi connectivity index (χ0) is 17.8. The van der Waals surface area contributed by atoms with Crippen LogP contribution in [0, 0.1) is 0 Å². The third-order valence-corrected chi connectivity index (χ3v) is 4.33. The van der Waals surface area contributed by atoms with Gasteiger partial charge in [0.2, 0.25) is 0 Å². The summed E-state index contributed by atoms with van der Waals surface area (Å²) in [6.07, 6.45) is 1.80. The number of methoxy groups -OCH3 is 1. The highest BCUT2D eigenvalue weighted by Crippen LogP contribution is 2.29. The van der Waals surface area contributed by atoms with Crippen molar-refractivity contribution in [2.24, 2.45) is 0 Å². The fourth-order valence-corrected chi connectivity index (χ4v) is 3.01. The Morgan fingerprint density at radius 1 is 1.12 bits per heavy atom. The number of carbonyl (C=O) groups excluding carboxylic acids is 2. The molecule has 3 rings (SSSR count). The molecule has 2 aromatic carbocycles. The van der Waals surface area contributed by atoms with Crippen LogP contribution >= 0.6 is 0 Å². The molecule has 0 unspecified atom stereocenters. The molecule has 0 fully saturated rings. The Balaban J connectivity index is 1.77. The highest BCUT2D eigenvalue weighted by molar-refractivity contribution is 5.99. The van der Waals surface area contributed by atoms with Gasteiger partial charge in [-0.3, -0.25) is 9.59 Å². The SMILES string of the molecule is COc1ccccc1OCC(=O)N1CCCc2ccc(C(C)=O)cc21. The van der Waals surface area contributed by atoms with E-state index >= 15 is 0 Å². The molecule has 1 heterocycles. The van der Waals surface area contributed by atoms with Crippen molar-refractivity contribution in [3.8, 4) is 11.5 Å². The summed E-state index contributed by atoms with van der Waals surface area (Å²) < 4.78 is 10.9. The van der Waals surface area contributed by atoms with E-state index in [-0.39, 0.29) is 18.3 Å². The van der Waals surface area contributed by atoms with Crippen LogP contribution in [-0.2, 0) is 11.2 Å². The minimum atomic E-state index is -0.132. The third kappa shape index (κ3) is 3.65. The summed E-state index contributed by atoms with van der Waals surface area (Å²) in [5.41, 5.74) is 2.51. The average Bonchev–Trinajstić information content (AvgIpc) is 2.65. The number of hydrogen-bond acceptors (Lipinski definition) is 4. The van der Waals surface area contributed by atoms with Gasteiger partial charge in [0.25, 0.3) is 5.91 Å². The van der Waals surface area contributed by atoms with Gasteiger partial charge in [0.1, 0.15) is 0 Å². The zero-order valence-corrected chi connectivity index (χ0v) is 14.5. The van der Waals surface area contributed by atoms with Crippen LogP contribution in [-0.4, -0.2) is 32.0 Å². The van der Waals surface area contributed by atoms with Crippen LogP contribution in [0.3, 0.4) is 0 Å². The third-order valence-electron chi connectivity index (χ3n) is 4.33. The molecule has 0 saturated carbocycles. The molecule has 0 aromatic heterocycles. The van der Waals surface area contributed by atoms with Gasteiger partial charge in [-0.25, -0.2) is 0 Å². The van der Waals surface area contributed by atoms with Crippen molar-refractivity contribution < 1.29 is 19.1 Å². The first-order valence-corrected chi connectivity index (χ1v) is 8.30. The molecule has 1 aliphatic rings. The summed E-state index contributed by atoms with van der Waals surface area (Å²) >= 11 is 0. The lowest BCUT2D eigenvalue weighted by Crippen LogP contribution is -2.38. The quantitative estimate of drug-likeness (QED) is 0.785. The van der Waals surface area contributed by atoms with Gasteiger partial charge in [-0.15, -0.1) is 0 Å². The summed E-state index contributed by atoms with van der Waals surface area (Å²) in [5.74, 6) is 0.986. The monoisotopic (exact) mass is 339 g/mol. The van der Waals surface area contributed by atoms with Crippen molar-refractivity contribution in [3.63, 3.8) is 0 Å². The number of aryl methyl sites for hydroxylation is 1. The Labute approximate surface area is 147 Å². The van der Waals surface area contributed by atoms with Gasteiger partial charge in [-0.1, -0.05) is 24.3 Å². The minimum Gasteiger partial charge on any atom is -0.493 e. The molecule has 0 radical (unpaired) electrons. The number of Topliss-reactive ketones (excluding diaryl/α,β-unsaturated/α-hetero) is 1. The second-order valence-corrected chi connectivity index (χ2v) is 5.99. The lowest BCUT2D eigenvalue weighted by Gasteiger charge is -2.30. The Morgan fingerprint density at radius 3 is 2.60 bits per heavy atom. The average molecular weight is 339 g/mol. The number of rotatable bonds is 5. The predicted octanol–water partition coefficient (Wildman–Crippen LogP) is 3.26. The summed E-state index contributed by atoms with van der Waals surface area (Å²) in [4.78, 5) is 26.0. The summed E-state index contributed by atoms with van der Waals surface area (Å²) in [7, 11) is 1.56. The molecule has 0 spiro atoms. The molecule has 0 N–H and O–H groups in total. The van der Waals surface area contributed by atoms with Crippen molar-refractivity contribution in [2.45, 2.75) is 19.8 Å². The number of nitrogens with zero attached hydrogens (tertiary/aromatic N) is 1.